The number of rotatable bonds is 6. The van der Waals surface area contributed by atoms with E-state index in [1.165, 1.54) is 12.3 Å². The quantitative estimate of drug-likeness (QED) is 0.677. The van der Waals surface area contributed by atoms with Crippen LogP contribution in [0.25, 0.3) is 0 Å². The van der Waals surface area contributed by atoms with Crippen molar-refractivity contribution in [3.63, 3.8) is 0 Å². The van der Waals surface area contributed by atoms with Gasteiger partial charge in [-0.15, -0.1) is 0 Å². The van der Waals surface area contributed by atoms with Gasteiger partial charge in [0.25, 0.3) is 5.91 Å². The summed E-state index contributed by atoms with van der Waals surface area (Å²) >= 11 is 5.91. The maximum Gasteiger partial charge on any atom is 0.325 e. The molecule has 0 aliphatic heterocycles. The molecule has 0 aliphatic carbocycles. The predicted octanol–water partition coefficient (Wildman–Crippen LogP) is 2.74. The molecule has 0 bridgehead atoms. The van der Waals surface area contributed by atoms with Gasteiger partial charge in [0.15, 0.2) is 0 Å². The first-order chi connectivity index (χ1) is 12.8. The normalized spacial score (nSPS) is 10.8. The van der Waals surface area contributed by atoms with Gasteiger partial charge in [-0.25, -0.2) is 4.68 Å². The summed E-state index contributed by atoms with van der Waals surface area (Å²) < 4.78 is 2.93. The van der Waals surface area contributed by atoms with Crippen LogP contribution >= 0.6 is 11.6 Å². The Kier molecular flexibility index (Phi) is 5.27. The van der Waals surface area contributed by atoms with Crippen LogP contribution in [0.2, 0.25) is 5.02 Å². The number of benzene rings is 1. The first kappa shape index (κ1) is 18.7. The number of aromatic nitrogens is 4. The van der Waals surface area contributed by atoms with E-state index in [1.54, 1.807) is 11.6 Å². The molecule has 27 heavy (non-hydrogen) atoms. The van der Waals surface area contributed by atoms with Gasteiger partial charge in [0.2, 0.25) is 0 Å². The molecule has 0 aliphatic rings. The summed E-state index contributed by atoms with van der Waals surface area (Å²) in [6, 6.07) is 8.94. The van der Waals surface area contributed by atoms with Gasteiger partial charge < -0.3 is 10.4 Å². The van der Waals surface area contributed by atoms with Crippen molar-refractivity contribution < 1.29 is 14.7 Å². The van der Waals surface area contributed by atoms with Gasteiger partial charge >= 0.3 is 5.97 Å². The van der Waals surface area contributed by atoms with Crippen molar-refractivity contribution in [2.75, 3.05) is 5.32 Å². The first-order valence-corrected chi connectivity index (χ1v) is 8.56. The average Bonchev–Trinajstić information content (AvgIpc) is 3.16. The van der Waals surface area contributed by atoms with E-state index in [1.807, 2.05) is 31.2 Å². The zero-order valence-corrected chi connectivity index (χ0v) is 15.6. The third-order valence-corrected chi connectivity index (χ3v) is 4.35. The molecule has 0 radical (unpaired) electrons. The zero-order valence-electron chi connectivity index (χ0n) is 14.8. The van der Waals surface area contributed by atoms with Gasteiger partial charge in [0.1, 0.15) is 12.2 Å². The number of carboxylic acids is 1. The van der Waals surface area contributed by atoms with Crippen molar-refractivity contribution >= 4 is 29.2 Å². The SMILES string of the molecule is Cc1nn(Cc2ccc(Cl)cc2)c(C)c1NC(=O)c1ccnn1CC(=O)O. The number of hydrogen-bond donors (Lipinski definition) is 2. The largest absolute Gasteiger partial charge is 0.480 e. The van der Waals surface area contributed by atoms with E-state index >= 15 is 0 Å². The van der Waals surface area contributed by atoms with E-state index in [0.29, 0.717) is 22.9 Å². The maximum atomic E-state index is 12.6. The van der Waals surface area contributed by atoms with Gasteiger partial charge in [-0.1, -0.05) is 23.7 Å². The second-order valence-corrected chi connectivity index (χ2v) is 6.49. The summed E-state index contributed by atoms with van der Waals surface area (Å²) in [5, 5.41) is 20.8. The van der Waals surface area contributed by atoms with E-state index in [0.717, 1.165) is 15.9 Å². The lowest BCUT2D eigenvalue weighted by Gasteiger charge is -2.08. The lowest BCUT2D eigenvalue weighted by Crippen LogP contribution is -2.21. The zero-order chi connectivity index (χ0) is 19.6. The minimum absolute atomic E-state index is 0.168. The Hall–Kier alpha value is -3.13. The smallest absolute Gasteiger partial charge is 0.325 e. The number of nitrogens with one attached hydrogen (secondary N) is 1. The maximum absolute atomic E-state index is 12.6. The number of amides is 1. The van der Waals surface area contributed by atoms with E-state index < -0.39 is 11.9 Å². The van der Waals surface area contributed by atoms with Crippen LogP contribution in [0.1, 0.15) is 27.4 Å². The molecule has 2 aromatic heterocycles. The second-order valence-electron chi connectivity index (χ2n) is 6.05. The van der Waals surface area contributed by atoms with Crippen molar-refractivity contribution in [1.82, 2.24) is 19.6 Å². The molecule has 8 nitrogen and oxygen atoms in total. The number of aryl methyl sites for hydroxylation is 1. The van der Waals surface area contributed by atoms with E-state index in [4.69, 9.17) is 16.7 Å². The predicted molar refractivity (Wildman–Crippen MR) is 100 cm³/mol. The monoisotopic (exact) mass is 387 g/mol. The summed E-state index contributed by atoms with van der Waals surface area (Å²) in [6.07, 6.45) is 1.39. The van der Waals surface area contributed by atoms with Crippen LogP contribution in [0.15, 0.2) is 36.5 Å². The number of carbonyl (C=O) groups excluding carboxylic acids is 1. The number of hydrogen-bond acceptors (Lipinski definition) is 4. The summed E-state index contributed by atoms with van der Waals surface area (Å²) in [5.41, 5.74) is 3.25. The van der Waals surface area contributed by atoms with E-state index in [9.17, 15) is 9.59 Å². The second kappa shape index (κ2) is 7.63. The molecule has 2 heterocycles. The Balaban J connectivity index is 1.80. The highest BCUT2D eigenvalue weighted by atomic mass is 35.5. The first-order valence-electron chi connectivity index (χ1n) is 8.18. The fourth-order valence-electron chi connectivity index (χ4n) is 2.75. The molecule has 1 aromatic carbocycles. The highest BCUT2D eigenvalue weighted by molar-refractivity contribution is 6.30. The van der Waals surface area contributed by atoms with Crippen molar-refractivity contribution in [3.05, 3.63) is 64.2 Å². The molecule has 0 spiro atoms. The Morgan fingerprint density at radius 1 is 1.15 bits per heavy atom. The topological polar surface area (TPSA) is 102 Å². The number of nitrogens with zero attached hydrogens (tertiary/aromatic N) is 4. The molecule has 3 aromatic rings. The molecule has 0 fully saturated rings. The van der Waals surface area contributed by atoms with Crippen molar-refractivity contribution in [2.45, 2.75) is 26.9 Å². The van der Waals surface area contributed by atoms with Crippen molar-refractivity contribution in [1.29, 1.82) is 0 Å². The third-order valence-electron chi connectivity index (χ3n) is 4.10. The van der Waals surface area contributed by atoms with Crippen LogP contribution in [-0.4, -0.2) is 36.5 Å². The number of halogens is 1. The van der Waals surface area contributed by atoms with Crippen LogP contribution in [0, 0.1) is 13.8 Å². The van der Waals surface area contributed by atoms with E-state index in [2.05, 4.69) is 15.5 Å². The van der Waals surface area contributed by atoms with Crippen LogP contribution < -0.4 is 5.32 Å². The highest BCUT2D eigenvalue weighted by Gasteiger charge is 2.19. The Morgan fingerprint density at radius 2 is 1.85 bits per heavy atom. The Labute approximate surface area is 160 Å². The van der Waals surface area contributed by atoms with Crippen molar-refractivity contribution in [2.24, 2.45) is 0 Å². The standard InChI is InChI=1S/C18H18ClN5O3/c1-11-17(21-18(27)15-7-8-20-24(15)10-16(25)26)12(2)23(22-11)9-13-3-5-14(19)6-4-13/h3-8H,9-10H2,1-2H3,(H,21,27)(H,25,26). The van der Waals surface area contributed by atoms with Gasteiger partial charge in [0.05, 0.1) is 23.6 Å². The fourth-order valence-corrected chi connectivity index (χ4v) is 2.88. The van der Waals surface area contributed by atoms with Gasteiger partial charge in [-0.3, -0.25) is 14.3 Å². The highest BCUT2D eigenvalue weighted by Crippen LogP contribution is 2.22. The molecule has 9 heteroatoms. The minimum atomic E-state index is -1.07. The Morgan fingerprint density at radius 3 is 2.52 bits per heavy atom. The summed E-state index contributed by atoms with van der Waals surface area (Å²) in [4.78, 5) is 23.5. The molecule has 1 amide bonds. The molecular weight excluding hydrogens is 370 g/mol. The minimum Gasteiger partial charge on any atom is -0.480 e. The number of carbonyl (C=O) groups is 2. The number of aliphatic carboxylic acids is 1. The van der Waals surface area contributed by atoms with E-state index in [-0.39, 0.29) is 12.2 Å². The number of carboxylic acid groups (broad SMARTS) is 1. The lowest BCUT2D eigenvalue weighted by atomic mass is 10.2. The summed E-state index contributed by atoms with van der Waals surface area (Å²) in [6.45, 7) is 3.82. The molecule has 0 saturated heterocycles. The van der Waals surface area contributed by atoms with Gasteiger partial charge in [0, 0.05) is 11.2 Å². The van der Waals surface area contributed by atoms with Crippen LogP contribution in [0.3, 0.4) is 0 Å². The molecule has 0 unspecified atom stereocenters. The molecular formula is C18H18ClN5O3. The Bertz CT molecular complexity index is 991. The molecule has 2 N–H and O–H groups in total. The average molecular weight is 388 g/mol. The van der Waals surface area contributed by atoms with Crippen molar-refractivity contribution in [3.8, 4) is 0 Å². The van der Waals surface area contributed by atoms with Gasteiger partial charge in [-0.2, -0.15) is 10.2 Å². The van der Waals surface area contributed by atoms with Gasteiger partial charge in [-0.05, 0) is 37.6 Å². The summed E-state index contributed by atoms with van der Waals surface area (Å²) in [5.74, 6) is -1.51. The molecule has 0 saturated carbocycles. The van der Waals surface area contributed by atoms with Crippen LogP contribution in [0.4, 0.5) is 5.69 Å². The number of anilines is 1. The summed E-state index contributed by atoms with van der Waals surface area (Å²) in [7, 11) is 0. The third kappa shape index (κ3) is 4.17. The van der Waals surface area contributed by atoms with Crippen LogP contribution in [0.5, 0.6) is 0 Å². The molecule has 140 valence electrons. The molecule has 0 atom stereocenters. The fraction of sp³-hybridized carbons (Fsp3) is 0.222. The lowest BCUT2D eigenvalue weighted by molar-refractivity contribution is -0.137. The molecule has 3 rings (SSSR count). The van der Waals surface area contributed by atoms with Crippen LogP contribution in [-0.2, 0) is 17.9 Å².